The molecule has 2 aromatic rings. The number of amides is 1. The molecule has 0 heterocycles. The Morgan fingerprint density at radius 3 is 2.67 bits per heavy atom. The van der Waals surface area contributed by atoms with Gasteiger partial charge in [0.15, 0.2) is 0 Å². The first-order valence-corrected chi connectivity index (χ1v) is 7.78. The number of esters is 1. The first-order valence-electron chi connectivity index (χ1n) is 6.62. The van der Waals surface area contributed by atoms with Crippen molar-refractivity contribution >= 4 is 40.1 Å². The van der Waals surface area contributed by atoms with Crippen LogP contribution in [0.4, 0.5) is 5.69 Å². The lowest BCUT2D eigenvalue weighted by molar-refractivity contribution is -0.140. The topological polar surface area (TPSA) is 55.4 Å². The number of carbonyl (C=O) groups is 2. The third-order valence-electron chi connectivity index (χ3n) is 2.94. The molecule has 0 radical (unpaired) electrons. The van der Waals surface area contributed by atoms with Crippen LogP contribution in [0.15, 0.2) is 42.5 Å². The Bertz CT molecular complexity index is 642. The van der Waals surface area contributed by atoms with E-state index in [1.54, 1.807) is 0 Å². The number of benzene rings is 2. The number of methoxy groups -OCH3 is 1. The first-order chi connectivity index (χ1) is 10.2. The van der Waals surface area contributed by atoms with E-state index in [-0.39, 0.29) is 11.9 Å². The third-order valence-corrected chi connectivity index (χ3v) is 3.90. The largest absolute Gasteiger partial charge is 0.469 e. The second-order valence-corrected chi connectivity index (χ2v) is 5.59. The average Bonchev–Trinajstić information content (AvgIpc) is 2.51. The van der Waals surface area contributed by atoms with Crippen molar-refractivity contribution in [1.82, 2.24) is 0 Å². The summed E-state index contributed by atoms with van der Waals surface area (Å²) >= 11 is 1.42. The molecule has 2 aromatic carbocycles. The zero-order valence-electron chi connectivity index (χ0n) is 11.8. The van der Waals surface area contributed by atoms with Gasteiger partial charge in [0.2, 0.25) is 5.91 Å². The molecule has 0 atom stereocenters. The maximum absolute atomic E-state index is 11.8. The van der Waals surface area contributed by atoms with Gasteiger partial charge in [-0.1, -0.05) is 30.3 Å². The monoisotopic (exact) mass is 303 g/mol. The van der Waals surface area contributed by atoms with E-state index >= 15 is 0 Å². The summed E-state index contributed by atoms with van der Waals surface area (Å²) in [6.07, 6.45) is 0.324. The molecule has 0 aromatic heterocycles. The molecule has 21 heavy (non-hydrogen) atoms. The van der Waals surface area contributed by atoms with Crippen molar-refractivity contribution < 1.29 is 14.3 Å². The zero-order valence-corrected chi connectivity index (χ0v) is 12.6. The van der Waals surface area contributed by atoms with Crippen molar-refractivity contribution in [3.8, 4) is 0 Å². The second-order valence-electron chi connectivity index (χ2n) is 4.49. The van der Waals surface area contributed by atoms with Gasteiger partial charge in [-0.3, -0.25) is 9.59 Å². The smallest absolute Gasteiger partial charge is 0.306 e. The average molecular weight is 303 g/mol. The van der Waals surface area contributed by atoms with Crippen LogP contribution in [-0.4, -0.2) is 30.5 Å². The number of nitrogens with one attached hydrogen (secondary N) is 1. The van der Waals surface area contributed by atoms with Crippen molar-refractivity contribution in [1.29, 1.82) is 0 Å². The lowest BCUT2D eigenvalue weighted by Gasteiger charge is -2.06. The Labute approximate surface area is 127 Å². The van der Waals surface area contributed by atoms with Gasteiger partial charge in [-0.2, -0.15) is 11.8 Å². The SMILES string of the molecule is COC(=O)CCSCC(=O)Nc1ccc2ccccc2c1. The van der Waals surface area contributed by atoms with Crippen LogP contribution in [-0.2, 0) is 14.3 Å². The maximum atomic E-state index is 11.8. The van der Waals surface area contributed by atoms with Crippen LogP contribution in [0.25, 0.3) is 10.8 Å². The molecule has 0 bridgehead atoms. The minimum absolute atomic E-state index is 0.0693. The van der Waals surface area contributed by atoms with Crippen LogP contribution in [0.1, 0.15) is 6.42 Å². The number of rotatable bonds is 6. The summed E-state index contributed by atoms with van der Waals surface area (Å²) in [5.74, 6) is 0.583. The fourth-order valence-electron chi connectivity index (χ4n) is 1.89. The standard InChI is InChI=1S/C16H17NO3S/c1-20-16(19)8-9-21-11-15(18)17-14-7-6-12-4-2-3-5-13(12)10-14/h2-7,10H,8-9,11H2,1H3,(H,17,18). The van der Waals surface area contributed by atoms with Gasteiger partial charge in [-0.05, 0) is 22.9 Å². The number of hydrogen-bond donors (Lipinski definition) is 1. The highest BCUT2D eigenvalue weighted by Crippen LogP contribution is 2.19. The summed E-state index contributed by atoms with van der Waals surface area (Å²) in [7, 11) is 1.36. The highest BCUT2D eigenvalue weighted by molar-refractivity contribution is 7.99. The summed E-state index contributed by atoms with van der Waals surface area (Å²) in [6, 6.07) is 13.8. The molecule has 0 saturated carbocycles. The number of thioether (sulfide) groups is 1. The van der Waals surface area contributed by atoms with Crippen molar-refractivity contribution in [2.24, 2.45) is 0 Å². The predicted molar refractivity (Wildman–Crippen MR) is 86.5 cm³/mol. The molecule has 0 fully saturated rings. The van der Waals surface area contributed by atoms with Gasteiger partial charge in [-0.15, -0.1) is 0 Å². The molecule has 110 valence electrons. The number of anilines is 1. The molecule has 0 saturated heterocycles. The second kappa shape index (κ2) is 7.69. The summed E-state index contributed by atoms with van der Waals surface area (Å²) < 4.78 is 4.54. The van der Waals surface area contributed by atoms with Crippen LogP contribution < -0.4 is 5.32 Å². The van der Waals surface area contributed by atoms with Gasteiger partial charge in [-0.25, -0.2) is 0 Å². The van der Waals surface area contributed by atoms with Gasteiger partial charge >= 0.3 is 5.97 Å². The van der Waals surface area contributed by atoms with E-state index < -0.39 is 0 Å². The maximum Gasteiger partial charge on any atom is 0.306 e. The van der Waals surface area contributed by atoms with Crippen LogP contribution in [0, 0.1) is 0 Å². The van der Waals surface area contributed by atoms with E-state index in [1.807, 2.05) is 42.5 Å². The molecule has 0 aliphatic rings. The quantitative estimate of drug-likeness (QED) is 0.658. The number of ether oxygens (including phenoxy) is 1. The van der Waals surface area contributed by atoms with Gasteiger partial charge in [0.05, 0.1) is 19.3 Å². The van der Waals surface area contributed by atoms with Crippen LogP contribution in [0.3, 0.4) is 0 Å². The Hall–Kier alpha value is -2.01. The van der Waals surface area contributed by atoms with E-state index in [2.05, 4.69) is 10.1 Å². The Balaban J connectivity index is 1.82. The molecule has 1 N–H and O–H groups in total. The summed E-state index contributed by atoms with van der Waals surface area (Å²) in [4.78, 5) is 22.8. The molecule has 1 amide bonds. The van der Waals surface area contributed by atoms with Crippen LogP contribution >= 0.6 is 11.8 Å². The van der Waals surface area contributed by atoms with Crippen molar-refractivity contribution in [3.63, 3.8) is 0 Å². The lowest BCUT2D eigenvalue weighted by atomic mass is 10.1. The van der Waals surface area contributed by atoms with E-state index in [1.165, 1.54) is 18.9 Å². The van der Waals surface area contributed by atoms with Gasteiger partial charge < -0.3 is 10.1 Å². The minimum Gasteiger partial charge on any atom is -0.469 e. The fourth-order valence-corrected chi connectivity index (χ4v) is 2.60. The normalized spacial score (nSPS) is 10.3. The molecule has 5 heteroatoms. The van der Waals surface area contributed by atoms with Crippen LogP contribution in [0.5, 0.6) is 0 Å². The molecule has 0 spiro atoms. The lowest BCUT2D eigenvalue weighted by Crippen LogP contribution is -2.14. The summed E-state index contributed by atoms with van der Waals surface area (Å²) in [5, 5.41) is 5.09. The van der Waals surface area contributed by atoms with E-state index in [0.29, 0.717) is 17.9 Å². The Morgan fingerprint density at radius 1 is 1.14 bits per heavy atom. The fraction of sp³-hybridized carbons (Fsp3) is 0.250. The van der Waals surface area contributed by atoms with Crippen molar-refractivity contribution in [2.45, 2.75) is 6.42 Å². The molecular formula is C16H17NO3S. The zero-order chi connectivity index (χ0) is 15.1. The summed E-state index contributed by atoms with van der Waals surface area (Å²) in [5.41, 5.74) is 0.785. The van der Waals surface area contributed by atoms with E-state index in [9.17, 15) is 9.59 Å². The number of fused-ring (bicyclic) bond motifs is 1. The van der Waals surface area contributed by atoms with Crippen molar-refractivity contribution in [3.05, 3.63) is 42.5 Å². The van der Waals surface area contributed by atoms with Crippen LogP contribution in [0.2, 0.25) is 0 Å². The highest BCUT2D eigenvalue weighted by atomic mass is 32.2. The highest BCUT2D eigenvalue weighted by Gasteiger charge is 2.05. The predicted octanol–water partition coefficient (Wildman–Crippen LogP) is 3.07. The molecule has 0 unspecified atom stereocenters. The van der Waals surface area contributed by atoms with Crippen molar-refractivity contribution in [2.75, 3.05) is 23.9 Å². The molecule has 0 aliphatic heterocycles. The minimum atomic E-state index is -0.252. The number of carbonyl (C=O) groups excluding carboxylic acids is 2. The van der Waals surface area contributed by atoms with Gasteiger partial charge in [0.25, 0.3) is 0 Å². The van der Waals surface area contributed by atoms with Gasteiger partial charge in [0, 0.05) is 11.4 Å². The molecule has 4 nitrogen and oxygen atoms in total. The van der Waals surface area contributed by atoms with E-state index in [0.717, 1.165) is 16.5 Å². The molecular weight excluding hydrogens is 286 g/mol. The molecule has 0 aliphatic carbocycles. The third kappa shape index (κ3) is 4.79. The van der Waals surface area contributed by atoms with E-state index in [4.69, 9.17) is 0 Å². The first kappa shape index (κ1) is 15.4. The summed E-state index contributed by atoms with van der Waals surface area (Å²) in [6.45, 7) is 0. The Kier molecular flexibility index (Phi) is 5.63. The molecule has 2 rings (SSSR count). The number of hydrogen-bond acceptors (Lipinski definition) is 4. The Morgan fingerprint density at radius 2 is 1.90 bits per heavy atom. The van der Waals surface area contributed by atoms with Gasteiger partial charge in [0.1, 0.15) is 0 Å².